The first-order chi connectivity index (χ1) is 6.74. The van der Waals surface area contributed by atoms with Crippen LogP contribution in [0.2, 0.25) is 0 Å². The predicted octanol–water partition coefficient (Wildman–Crippen LogP) is 1.68. The molecule has 1 aliphatic heterocycles. The van der Waals surface area contributed by atoms with Crippen LogP contribution in [0, 0.1) is 5.41 Å². The van der Waals surface area contributed by atoms with Crippen LogP contribution in [0.5, 0.6) is 0 Å². The number of carbonyl (C=O) groups excluding carboxylic acids is 1. The Morgan fingerprint density at radius 1 is 1.64 bits per heavy atom. The van der Waals surface area contributed by atoms with Crippen molar-refractivity contribution >= 4 is 27.6 Å². The van der Waals surface area contributed by atoms with Gasteiger partial charge in [-0.25, -0.2) is 9.98 Å². The van der Waals surface area contributed by atoms with E-state index in [4.69, 9.17) is 0 Å². The summed E-state index contributed by atoms with van der Waals surface area (Å²) in [5, 5.41) is 1.08. The molecule has 14 heavy (non-hydrogen) atoms. The van der Waals surface area contributed by atoms with E-state index >= 15 is 0 Å². The minimum Gasteiger partial charge on any atom is -0.291 e. The molecule has 0 radical (unpaired) electrons. The molecule has 2 heterocycles. The van der Waals surface area contributed by atoms with Crippen LogP contribution >= 0.6 is 11.1 Å². The lowest BCUT2D eigenvalue weighted by Gasteiger charge is -2.17. The number of carbonyl (C=O) groups is 1. The van der Waals surface area contributed by atoms with Crippen molar-refractivity contribution in [3.63, 3.8) is 0 Å². The van der Waals surface area contributed by atoms with Crippen molar-refractivity contribution in [1.82, 2.24) is 8.96 Å². The third kappa shape index (κ3) is 0.930. The highest BCUT2D eigenvalue weighted by molar-refractivity contribution is 8.39. The molecule has 0 aromatic carbocycles. The van der Waals surface area contributed by atoms with Gasteiger partial charge in [0.05, 0.1) is 11.2 Å². The van der Waals surface area contributed by atoms with Crippen LogP contribution in [0.25, 0.3) is 0 Å². The Kier molecular flexibility index (Phi) is 1.45. The Labute approximate surface area is 84.5 Å². The molecule has 0 spiro atoms. The number of thiol groups is 1. The van der Waals surface area contributed by atoms with E-state index in [-0.39, 0.29) is 5.41 Å². The Morgan fingerprint density at radius 2 is 2.43 bits per heavy atom. The summed E-state index contributed by atoms with van der Waals surface area (Å²) in [4.78, 5) is 19.6. The molecule has 74 valence electrons. The molecule has 2 aliphatic rings. The maximum absolute atomic E-state index is 11.1. The lowest BCUT2D eigenvalue weighted by Crippen LogP contribution is -2.12. The zero-order chi connectivity index (χ0) is 9.76. The van der Waals surface area contributed by atoms with Gasteiger partial charge in [-0.1, -0.05) is 18.0 Å². The van der Waals surface area contributed by atoms with Gasteiger partial charge in [0, 0.05) is 5.41 Å². The summed E-state index contributed by atoms with van der Waals surface area (Å²) in [6.07, 6.45) is 5.75. The Hall–Kier alpha value is -1.10. The first-order valence-corrected chi connectivity index (χ1v) is 5.97. The van der Waals surface area contributed by atoms with Gasteiger partial charge in [-0.2, -0.15) is 0 Å². The molecule has 1 saturated carbocycles. The normalized spacial score (nSPS) is 29.5. The van der Waals surface area contributed by atoms with Crippen molar-refractivity contribution in [2.45, 2.75) is 19.8 Å². The van der Waals surface area contributed by atoms with Gasteiger partial charge < -0.3 is 0 Å². The van der Waals surface area contributed by atoms with Gasteiger partial charge in [-0.15, -0.1) is 0 Å². The Balaban J connectivity index is 2.09. The van der Waals surface area contributed by atoms with Gasteiger partial charge in [0.1, 0.15) is 6.33 Å². The van der Waals surface area contributed by atoms with Gasteiger partial charge in [-0.05, 0) is 12.8 Å². The summed E-state index contributed by atoms with van der Waals surface area (Å²) in [5.74, 6) is 0.839. The van der Waals surface area contributed by atoms with Gasteiger partial charge in [0.25, 0.3) is 0 Å². The highest BCUT2D eigenvalue weighted by Crippen LogP contribution is 2.56. The van der Waals surface area contributed by atoms with Crippen molar-refractivity contribution in [1.29, 1.82) is 0 Å². The second kappa shape index (κ2) is 2.48. The molecule has 1 fully saturated rings. The number of hydrogen-bond donors (Lipinski definition) is 1. The summed E-state index contributed by atoms with van der Waals surface area (Å²) >= 11 is -0.887. The van der Waals surface area contributed by atoms with E-state index < -0.39 is 11.1 Å². The molecule has 0 saturated heterocycles. The third-order valence-electron chi connectivity index (χ3n) is 2.91. The van der Waals surface area contributed by atoms with Crippen LogP contribution in [0.4, 0.5) is 5.82 Å². The summed E-state index contributed by atoms with van der Waals surface area (Å²) in [7, 11) is 0. The minimum absolute atomic E-state index is 0.200. The monoisotopic (exact) mass is 209 g/mol. The Morgan fingerprint density at radius 3 is 3.07 bits per heavy atom. The lowest BCUT2D eigenvalue weighted by molar-refractivity contribution is 0.569. The zero-order valence-corrected chi connectivity index (χ0v) is 8.74. The topological polar surface area (TPSA) is 47.2 Å². The first-order valence-electron chi connectivity index (χ1n) is 4.61. The van der Waals surface area contributed by atoms with Gasteiger partial charge in [0.15, 0.2) is 11.4 Å². The molecule has 1 aliphatic carbocycles. The number of aliphatic imine (C=N–C) groups is 1. The van der Waals surface area contributed by atoms with Gasteiger partial charge in [-0.3, -0.25) is 8.77 Å². The molecule has 0 N–H and O–H groups in total. The standard InChI is InChI=1S/C9H11N3OS/c1-9(2-3-9)8-11-7-4-10-5-12(7)14(8)6-13/h4-6,14H,2-3H2,1H3. The molecule has 4 nitrogen and oxygen atoms in total. The predicted molar refractivity (Wildman–Crippen MR) is 57.8 cm³/mol. The van der Waals surface area contributed by atoms with E-state index in [9.17, 15) is 4.79 Å². The van der Waals surface area contributed by atoms with E-state index in [1.54, 1.807) is 12.5 Å². The highest BCUT2D eigenvalue weighted by atomic mass is 32.2. The maximum atomic E-state index is 11.1. The molecule has 0 amide bonds. The summed E-state index contributed by atoms with van der Waals surface area (Å²) in [6.45, 7) is 2.19. The van der Waals surface area contributed by atoms with Crippen LogP contribution in [-0.2, 0) is 4.79 Å². The molecule has 1 aromatic rings. The van der Waals surface area contributed by atoms with Crippen LogP contribution in [0.15, 0.2) is 17.5 Å². The molecule has 1 aromatic heterocycles. The fourth-order valence-electron chi connectivity index (χ4n) is 1.71. The van der Waals surface area contributed by atoms with Gasteiger partial charge >= 0.3 is 0 Å². The smallest absolute Gasteiger partial charge is 0.178 e. The van der Waals surface area contributed by atoms with Crippen LogP contribution in [-0.4, -0.2) is 19.6 Å². The van der Waals surface area contributed by atoms with Crippen molar-refractivity contribution in [2.24, 2.45) is 10.4 Å². The Bertz CT molecular complexity index is 433. The average Bonchev–Trinajstić information content (AvgIpc) is 2.65. The number of rotatable bonds is 2. The molecule has 3 rings (SSSR count). The van der Waals surface area contributed by atoms with Crippen molar-refractivity contribution in [3.8, 4) is 0 Å². The molecular formula is C9H11N3OS. The molecule has 5 heteroatoms. The molecule has 1 unspecified atom stereocenters. The number of nitrogens with zero attached hydrogens (tertiary/aromatic N) is 3. The fraction of sp³-hybridized carbons (Fsp3) is 0.444. The quantitative estimate of drug-likeness (QED) is 0.595. The average molecular weight is 209 g/mol. The minimum atomic E-state index is -0.887. The van der Waals surface area contributed by atoms with E-state index in [0.29, 0.717) is 0 Å². The van der Waals surface area contributed by atoms with Crippen molar-refractivity contribution in [3.05, 3.63) is 12.5 Å². The van der Waals surface area contributed by atoms with Crippen LogP contribution in [0.3, 0.4) is 0 Å². The van der Waals surface area contributed by atoms with E-state index in [1.165, 1.54) is 0 Å². The van der Waals surface area contributed by atoms with Gasteiger partial charge in [0.2, 0.25) is 0 Å². The highest BCUT2D eigenvalue weighted by Gasteiger charge is 2.47. The zero-order valence-electron chi connectivity index (χ0n) is 7.84. The lowest BCUT2D eigenvalue weighted by atomic mass is 10.2. The third-order valence-corrected chi connectivity index (χ3v) is 4.96. The first kappa shape index (κ1) is 8.23. The number of imidazole rings is 1. The molecular weight excluding hydrogens is 198 g/mol. The maximum Gasteiger partial charge on any atom is 0.178 e. The summed E-state index contributed by atoms with van der Waals surface area (Å²) in [5.41, 5.74) is 1.22. The number of hydrogen-bond acceptors (Lipinski definition) is 3. The fourth-order valence-corrected chi connectivity index (χ4v) is 3.59. The summed E-state index contributed by atoms with van der Waals surface area (Å²) in [6, 6.07) is 0. The molecule has 0 bridgehead atoms. The number of fused-ring (bicyclic) bond motifs is 1. The van der Waals surface area contributed by atoms with E-state index in [1.807, 2.05) is 3.97 Å². The van der Waals surface area contributed by atoms with Crippen molar-refractivity contribution in [2.75, 3.05) is 0 Å². The second-order valence-corrected chi connectivity index (χ2v) is 5.80. The van der Waals surface area contributed by atoms with E-state index in [2.05, 4.69) is 16.9 Å². The van der Waals surface area contributed by atoms with Crippen LogP contribution < -0.4 is 0 Å². The van der Waals surface area contributed by atoms with E-state index in [0.717, 1.165) is 29.3 Å². The van der Waals surface area contributed by atoms with Crippen LogP contribution in [0.1, 0.15) is 19.8 Å². The van der Waals surface area contributed by atoms with Crippen molar-refractivity contribution < 1.29 is 4.79 Å². The SMILES string of the molecule is CC1(C2=Nc3cncn3[SH]2C=O)CC1. The number of aromatic nitrogens is 2. The largest absolute Gasteiger partial charge is 0.291 e. The second-order valence-electron chi connectivity index (χ2n) is 4.04. The molecule has 1 atom stereocenters. The summed E-state index contributed by atoms with van der Waals surface area (Å²) < 4.78 is 1.90.